The molecule has 0 aliphatic carbocycles. The number of ether oxygens (including phenoxy) is 1. The molecule has 1 aromatic heterocycles. The van der Waals surface area contributed by atoms with E-state index < -0.39 is 0 Å². The van der Waals surface area contributed by atoms with Gasteiger partial charge in [0.15, 0.2) is 0 Å². The molecule has 0 bridgehead atoms. The Hall–Kier alpha value is -1.95. The Balaban J connectivity index is 1.72. The zero-order valence-electron chi connectivity index (χ0n) is 11.3. The predicted molar refractivity (Wildman–Crippen MR) is 73.9 cm³/mol. The highest BCUT2D eigenvalue weighted by Crippen LogP contribution is 2.10. The van der Waals surface area contributed by atoms with Crippen LogP contribution in [0.3, 0.4) is 0 Å². The molecular weight excluding hydrogens is 259 g/mol. The zero-order chi connectivity index (χ0) is 14.2. The maximum absolute atomic E-state index is 12.7. The van der Waals surface area contributed by atoms with Gasteiger partial charge >= 0.3 is 0 Å². The summed E-state index contributed by atoms with van der Waals surface area (Å²) in [6.45, 7) is 1.79. The fourth-order valence-corrected chi connectivity index (χ4v) is 1.80. The number of benzene rings is 1. The second-order valence-electron chi connectivity index (χ2n) is 4.52. The molecule has 0 saturated heterocycles. The number of hydrogen-bond acceptors (Lipinski definition) is 4. The van der Waals surface area contributed by atoms with Gasteiger partial charge in [0.2, 0.25) is 0 Å². The molecule has 0 spiro atoms. The monoisotopic (exact) mass is 278 g/mol. The minimum absolute atomic E-state index is 0.268. The molecule has 5 nitrogen and oxygen atoms in total. The molecule has 0 amide bonds. The van der Waals surface area contributed by atoms with Crippen LogP contribution in [-0.2, 0) is 13.0 Å². The highest BCUT2D eigenvalue weighted by atomic mass is 19.1. The van der Waals surface area contributed by atoms with Gasteiger partial charge in [-0.05, 0) is 50.1 Å². The number of hydrogen-bond donors (Lipinski definition) is 1. The molecule has 6 heteroatoms. The zero-order valence-corrected chi connectivity index (χ0v) is 11.3. The Kier molecular flexibility index (Phi) is 5.49. The predicted octanol–water partition coefficient (Wildman–Crippen LogP) is 1.78. The van der Waals surface area contributed by atoms with Crippen LogP contribution in [0.15, 0.2) is 30.5 Å². The second kappa shape index (κ2) is 7.59. The maximum atomic E-state index is 12.7. The Bertz CT molecular complexity index is 512. The number of rotatable bonds is 8. The lowest BCUT2D eigenvalue weighted by atomic mass is 10.2. The smallest absolute Gasteiger partial charge is 0.123 e. The highest BCUT2D eigenvalue weighted by Gasteiger charge is 2.01. The lowest BCUT2D eigenvalue weighted by Gasteiger charge is -2.05. The van der Waals surface area contributed by atoms with Gasteiger partial charge in [0, 0.05) is 6.20 Å². The van der Waals surface area contributed by atoms with Gasteiger partial charge in [-0.3, -0.25) is 0 Å². The van der Waals surface area contributed by atoms with Crippen LogP contribution in [0.25, 0.3) is 0 Å². The number of halogens is 1. The number of nitrogens with two attached hydrogens (primary N) is 1. The highest BCUT2D eigenvalue weighted by molar-refractivity contribution is 5.21. The van der Waals surface area contributed by atoms with Crippen LogP contribution in [0, 0.1) is 5.82 Å². The lowest BCUT2D eigenvalue weighted by Crippen LogP contribution is -2.08. The molecule has 1 heterocycles. The van der Waals surface area contributed by atoms with Crippen molar-refractivity contribution in [2.24, 2.45) is 5.73 Å². The Morgan fingerprint density at radius 3 is 2.75 bits per heavy atom. The molecule has 0 radical (unpaired) electrons. The Labute approximate surface area is 117 Å². The van der Waals surface area contributed by atoms with Crippen LogP contribution < -0.4 is 10.5 Å². The third-order valence-corrected chi connectivity index (χ3v) is 2.88. The summed E-state index contributed by atoms with van der Waals surface area (Å²) in [7, 11) is 0. The van der Waals surface area contributed by atoms with E-state index >= 15 is 0 Å². The molecule has 0 fully saturated rings. The van der Waals surface area contributed by atoms with Crippen molar-refractivity contribution in [3.8, 4) is 5.75 Å². The minimum atomic E-state index is -0.268. The van der Waals surface area contributed by atoms with Crippen molar-refractivity contribution >= 4 is 0 Å². The van der Waals surface area contributed by atoms with Crippen molar-refractivity contribution in [2.75, 3.05) is 13.2 Å². The van der Waals surface area contributed by atoms with Crippen LogP contribution in [0.2, 0.25) is 0 Å². The van der Waals surface area contributed by atoms with Crippen LogP contribution >= 0.6 is 0 Å². The SMILES string of the molecule is NCCCCc1cn(CCOc2ccc(F)cc2)nn1. The van der Waals surface area contributed by atoms with Crippen molar-refractivity contribution in [1.82, 2.24) is 15.0 Å². The van der Waals surface area contributed by atoms with Gasteiger partial charge in [-0.15, -0.1) is 5.10 Å². The van der Waals surface area contributed by atoms with Crippen molar-refractivity contribution in [2.45, 2.75) is 25.8 Å². The van der Waals surface area contributed by atoms with E-state index in [1.807, 2.05) is 6.20 Å². The van der Waals surface area contributed by atoms with Gasteiger partial charge in [-0.1, -0.05) is 5.21 Å². The summed E-state index contributed by atoms with van der Waals surface area (Å²) in [4.78, 5) is 0. The first-order chi connectivity index (χ1) is 9.78. The maximum Gasteiger partial charge on any atom is 0.123 e. The molecule has 2 N–H and O–H groups in total. The van der Waals surface area contributed by atoms with E-state index in [9.17, 15) is 4.39 Å². The van der Waals surface area contributed by atoms with Crippen LogP contribution in [-0.4, -0.2) is 28.1 Å². The topological polar surface area (TPSA) is 66.0 Å². The molecule has 0 saturated carbocycles. The van der Waals surface area contributed by atoms with Crippen molar-refractivity contribution in [1.29, 1.82) is 0 Å². The Morgan fingerprint density at radius 2 is 2.00 bits per heavy atom. The Morgan fingerprint density at radius 1 is 1.20 bits per heavy atom. The van der Waals surface area contributed by atoms with Crippen LogP contribution in [0.1, 0.15) is 18.5 Å². The standard InChI is InChI=1S/C14H19FN4O/c15-12-4-6-14(7-5-12)20-10-9-19-11-13(17-18-19)3-1-2-8-16/h4-7,11H,1-3,8-10,16H2. The molecule has 2 aromatic rings. The van der Waals surface area contributed by atoms with E-state index in [1.165, 1.54) is 12.1 Å². The first-order valence-corrected chi connectivity index (χ1v) is 6.75. The summed E-state index contributed by atoms with van der Waals surface area (Å²) >= 11 is 0. The first-order valence-electron chi connectivity index (χ1n) is 6.75. The van der Waals surface area contributed by atoms with Crippen LogP contribution in [0.4, 0.5) is 4.39 Å². The molecule has 0 aliphatic heterocycles. The van der Waals surface area contributed by atoms with E-state index in [2.05, 4.69) is 10.3 Å². The van der Waals surface area contributed by atoms with E-state index in [-0.39, 0.29) is 5.82 Å². The summed E-state index contributed by atoms with van der Waals surface area (Å²) < 4.78 is 20.0. The van der Waals surface area contributed by atoms with Crippen molar-refractivity contribution in [3.63, 3.8) is 0 Å². The molecule has 0 atom stereocenters. The van der Waals surface area contributed by atoms with E-state index in [4.69, 9.17) is 10.5 Å². The molecule has 2 rings (SSSR count). The number of unbranched alkanes of at least 4 members (excludes halogenated alkanes) is 1. The summed E-state index contributed by atoms with van der Waals surface area (Å²) in [5.41, 5.74) is 6.42. The quantitative estimate of drug-likeness (QED) is 0.747. The van der Waals surface area contributed by atoms with Crippen LogP contribution in [0.5, 0.6) is 5.75 Å². The van der Waals surface area contributed by atoms with Gasteiger partial charge in [-0.2, -0.15) is 0 Å². The second-order valence-corrected chi connectivity index (χ2v) is 4.52. The number of nitrogens with zero attached hydrogens (tertiary/aromatic N) is 3. The summed E-state index contributed by atoms with van der Waals surface area (Å²) in [5.74, 6) is 0.380. The van der Waals surface area contributed by atoms with E-state index in [1.54, 1.807) is 16.8 Å². The van der Waals surface area contributed by atoms with Gasteiger partial charge in [0.05, 0.1) is 12.2 Å². The normalized spacial score (nSPS) is 10.7. The van der Waals surface area contributed by atoms with E-state index in [0.717, 1.165) is 25.0 Å². The molecule has 108 valence electrons. The molecule has 0 aliphatic rings. The fraction of sp³-hybridized carbons (Fsp3) is 0.429. The largest absolute Gasteiger partial charge is 0.492 e. The lowest BCUT2D eigenvalue weighted by molar-refractivity contribution is 0.289. The number of aryl methyl sites for hydroxylation is 1. The number of aromatic nitrogens is 3. The van der Waals surface area contributed by atoms with Gasteiger partial charge in [-0.25, -0.2) is 9.07 Å². The molecule has 20 heavy (non-hydrogen) atoms. The first kappa shape index (κ1) is 14.5. The molecular formula is C14H19FN4O. The van der Waals surface area contributed by atoms with Crippen molar-refractivity contribution < 1.29 is 9.13 Å². The van der Waals surface area contributed by atoms with Gasteiger partial charge < -0.3 is 10.5 Å². The van der Waals surface area contributed by atoms with Gasteiger partial charge in [0.1, 0.15) is 18.2 Å². The minimum Gasteiger partial charge on any atom is -0.492 e. The van der Waals surface area contributed by atoms with Crippen molar-refractivity contribution in [3.05, 3.63) is 42.0 Å². The summed E-state index contributed by atoms with van der Waals surface area (Å²) in [6.07, 6.45) is 4.85. The summed E-state index contributed by atoms with van der Waals surface area (Å²) in [6, 6.07) is 5.96. The third kappa shape index (κ3) is 4.62. The molecule has 0 unspecified atom stereocenters. The fourth-order valence-electron chi connectivity index (χ4n) is 1.80. The molecule has 1 aromatic carbocycles. The third-order valence-electron chi connectivity index (χ3n) is 2.88. The van der Waals surface area contributed by atoms with Gasteiger partial charge in [0.25, 0.3) is 0 Å². The van der Waals surface area contributed by atoms with E-state index in [0.29, 0.717) is 25.4 Å². The summed E-state index contributed by atoms with van der Waals surface area (Å²) in [5, 5.41) is 8.13. The average molecular weight is 278 g/mol. The average Bonchev–Trinajstić information content (AvgIpc) is 2.89.